The minimum atomic E-state index is -4.26. The van der Waals surface area contributed by atoms with Gasteiger partial charge in [0.25, 0.3) is 19.6 Å². The number of Topliss-reactive ketones (excluding diaryl/α,β-unsaturated/α-hetero) is 2. The number of aliphatic hydroxyl groups is 6. The quantitative estimate of drug-likeness (QED) is 0.0215. The van der Waals surface area contributed by atoms with Crippen LogP contribution in [0.1, 0.15) is 169 Å². The number of hydrogen-bond donors (Lipinski definition) is 14. The largest absolute Gasteiger partial charge is 0.756 e. The maximum atomic E-state index is 14.1. The molecule has 0 spiro atoms. The van der Waals surface area contributed by atoms with E-state index in [1.807, 2.05) is 48.5 Å². The molecule has 1 aromatic heterocycles. The number of carbonyl (C=O) groups excluding carboxylic acids is 11. The van der Waals surface area contributed by atoms with Gasteiger partial charge in [0.05, 0.1) is 115 Å². The number of ketones is 2. The number of amides is 9. The smallest absolute Gasteiger partial charge is 0.267 e. The molecule has 2 aliphatic heterocycles. The number of unbranched alkanes of at least 4 members (excludes halogenated alkanes) is 5. The number of aliphatic hydroxyl groups excluding tert-OH is 6. The molecule has 0 radical (unpaired) electrons. The first-order valence-corrected chi connectivity index (χ1v) is 45.2. The molecule has 1 saturated carbocycles. The van der Waals surface area contributed by atoms with Gasteiger partial charge in [0, 0.05) is 159 Å². The summed E-state index contributed by atoms with van der Waals surface area (Å²) in [5.41, 5.74) is 4.43. The van der Waals surface area contributed by atoms with Crippen molar-refractivity contribution in [2.75, 3.05) is 144 Å². The average Bonchev–Trinajstić information content (AvgIpc) is 1.55. The zero-order valence-corrected chi connectivity index (χ0v) is 74.0. The van der Waals surface area contributed by atoms with Crippen molar-refractivity contribution in [3.8, 4) is 28.3 Å². The molecule has 11 unspecified atom stereocenters. The van der Waals surface area contributed by atoms with Gasteiger partial charge in [-0.3, -0.25) is 57.3 Å². The molecule has 1 saturated heterocycles. The van der Waals surface area contributed by atoms with Crippen LogP contribution >= 0.6 is 7.82 Å². The van der Waals surface area contributed by atoms with Gasteiger partial charge in [0.1, 0.15) is 60.1 Å². The molecule has 0 bridgehead atoms. The summed E-state index contributed by atoms with van der Waals surface area (Å²) in [7, 11) is -3.22. The second-order valence-corrected chi connectivity index (χ2v) is 32.6. The van der Waals surface area contributed by atoms with E-state index in [2.05, 4.69) is 57.4 Å². The number of phosphoric ester groups is 1. The van der Waals surface area contributed by atoms with Gasteiger partial charge in [-0.1, -0.05) is 60.5 Å². The lowest BCUT2D eigenvalue weighted by atomic mass is 9.79. The number of hydrogen-bond acceptors (Lipinski definition) is 31. The second kappa shape index (κ2) is 58.4. The fourth-order valence-corrected chi connectivity index (χ4v) is 14.8. The van der Waals surface area contributed by atoms with Gasteiger partial charge in [-0.15, -0.1) is 5.10 Å². The van der Waals surface area contributed by atoms with E-state index >= 15 is 0 Å². The fraction of sp³-hybridized carbons (Fsp3) is 0.640. The number of carbonyl (C=O) groups is 11. The van der Waals surface area contributed by atoms with Crippen LogP contribution in [0.15, 0.2) is 66.7 Å². The first kappa shape index (κ1) is 106. The number of para-hydroxylation sites is 1. The Bertz CT molecular complexity index is 4080. The maximum absolute atomic E-state index is 14.1. The third-order valence-electron chi connectivity index (χ3n) is 21.2. The Morgan fingerprint density at radius 3 is 1.65 bits per heavy atom. The Kier molecular flexibility index (Phi) is 48.3. The van der Waals surface area contributed by atoms with Crippen LogP contribution in [0.2, 0.25) is 0 Å². The molecule has 4 aromatic rings. The highest BCUT2D eigenvalue weighted by molar-refractivity contribution is 7.45. The number of phosphoric acid groups is 1. The summed E-state index contributed by atoms with van der Waals surface area (Å²) in [6.45, 7) is 4.95. The molecular formula is C86H128N12O29P-. The topological polar surface area (TPSA) is 572 Å². The molecule has 128 heavy (non-hydrogen) atoms. The monoisotopic (exact) mass is 1820 g/mol. The predicted molar refractivity (Wildman–Crippen MR) is 458 cm³/mol. The van der Waals surface area contributed by atoms with Crippen LogP contribution in [0.3, 0.4) is 0 Å². The molecule has 11 atom stereocenters. The summed E-state index contributed by atoms with van der Waals surface area (Å²) in [6.07, 6.45) is -2.88. The van der Waals surface area contributed by atoms with Gasteiger partial charge in [-0.25, -0.2) is 4.68 Å². The van der Waals surface area contributed by atoms with E-state index in [9.17, 15) is 92.8 Å². The first-order valence-electron chi connectivity index (χ1n) is 43.8. The van der Waals surface area contributed by atoms with E-state index in [4.69, 9.17) is 42.4 Å². The number of fused-ring (bicyclic) bond motifs is 5. The number of nitrogens with one attached hydrogen (secondary N) is 8. The van der Waals surface area contributed by atoms with Crippen molar-refractivity contribution in [3.63, 3.8) is 0 Å². The Hall–Kier alpha value is -9.24. The van der Waals surface area contributed by atoms with Gasteiger partial charge in [0.2, 0.25) is 41.4 Å². The van der Waals surface area contributed by atoms with Crippen molar-refractivity contribution in [3.05, 3.63) is 83.4 Å². The number of nitrogens with zero attached hydrogens (tertiary/aromatic N) is 4. The summed E-state index contributed by atoms with van der Waals surface area (Å²) < 4.78 is 68.2. The third kappa shape index (κ3) is 37.7. The van der Waals surface area contributed by atoms with Crippen LogP contribution in [0.25, 0.3) is 22.5 Å². The van der Waals surface area contributed by atoms with E-state index in [0.29, 0.717) is 88.0 Å². The molecule has 42 heteroatoms. The molecule has 2 fully saturated rings. The number of aromatic nitrogens is 3. The number of rotatable bonds is 63. The molecule has 712 valence electrons. The summed E-state index contributed by atoms with van der Waals surface area (Å²) in [4.78, 5) is 155. The van der Waals surface area contributed by atoms with E-state index in [1.165, 1.54) is 32.0 Å². The van der Waals surface area contributed by atoms with Crippen LogP contribution < -0.4 is 57.1 Å². The SMILES string of the molecule is COP(=O)([O-])OCCCCCCNC(=O)CCC(=O)N1Cc2ccccc2-c2nnn(CCOCCOCCOCCOCCC(=O)NCCOc3cc(C(=O)NCCC(=O)CCCNC(=O)CCCCOC4CC(CO)C(O)C(O)C4NC(C)=O)cc(C(=O)NCCC(=O)CCCNC(=O)CCCCOC4OC(CO)C(O)C(O)C4NC(C)=O)c3)c2-c2ccccc21. The molecule has 7 rings (SSSR count). The van der Waals surface area contributed by atoms with Crippen molar-refractivity contribution in [2.45, 2.75) is 210 Å². The Labute approximate surface area is 744 Å². The van der Waals surface area contributed by atoms with Crippen LogP contribution in [0.4, 0.5) is 5.69 Å². The van der Waals surface area contributed by atoms with Gasteiger partial charge in [-0.2, -0.15) is 0 Å². The maximum Gasteiger partial charge on any atom is 0.267 e. The highest BCUT2D eigenvalue weighted by Gasteiger charge is 2.46. The molecule has 9 amide bonds. The lowest BCUT2D eigenvalue weighted by Crippen LogP contribution is -2.64. The van der Waals surface area contributed by atoms with Gasteiger partial charge < -0.3 is 130 Å². The first-order chi connectivity index (χ1) is 61.7. The summed E-state index contributed by atoms with van der Waals surface area (Å²) >= 11 is 0. The van der Waals surface area contributed by atoms with E-state index in [0.717, 1.165) is 30.2 Å². The van der Waals surface area contributed by atoms with Crippen molar-refractivity contribution < 1.29 is 140 Å². The highest BCUT2D eigenvalue weighted by Crippen LogP contribution is 2.42. The number of ether oxygens (including phenoxy) is 8. The van der Waals surface area contributed by atoms with Gasteiger partial charge in [-0.05, 0) is 87.6 Å². The normalized spacial score (nSPS) is 19.3. The van der Waals surface area contributed by atoms with Gasteiger partial charge in [0.15, 0.2) is 6.29 Å². The lowest BCUT2D eigenvalue weighted by molar-refractivity contribution is -0.270. The Morgan fingerprint density at radius 1 is 0.508 bits per heavy atom. The Morgan fingerprint density at radius 2 is 1.04 bits per heavy atom. The van der Waals surface area contributed by atoms with Crippen LogP contribution in [0, 0.1) is 5.92 Å². The van der Waals surface area contributed by atoms with Crippen LogP contribution in [0.5, 0.6) is 5.75 Å². The molecule has 3 aromatic carbocycles. The summed E-state index contributed by atoms with van der Waals surface area (Å²) in [5.74, 6) is -4.45. The molecule has 3 heterocycles. The van der Waals surface area contributed by atoms with Crippen molar-refractivity contribution in [2.24, 2.45) is 5.92 Å². The highest BCUT2D eigenvalue weighted by atomic mass is 31.2. The Balaban J connectivity index is 0.772. The summed E-state index contributed by atoms with van der Waals surface area (Å²) in [6, 6.07) is 17.3. The van der Waals surface area contributed by atoms with E-state index in [1.54, 1.807) is 9.58 Å². The minimum absolute atomic E-state index is 0.00608. The number of benzene rings is 3. The number of anilines is 1. The molecule has 3 aliphatic rings. The zero-order chi connectivity index (χ0) is 92.6. The fourth-order valence-electron chi connectivity index (χ4n) is 14.3. The standard InChI is InChI=1S/C86H129N12O29P/c1-57(101)93-77-69(53-62(55-99)80(110)82(77)112)124-38-14-10-24-71(105)88-32-16-19-63(103)28-34-91-84(114)60-50-61(85(115)92-35-29-64(104)20-17-33-89-72(106)25-11-15-39-125-86-78(94-58(2)102)83(113)81(111)70(56-100)127-86)52-65(51-60)123-42-36-90-74(108)30-41-119-44-46-121-48-49-122-47-45-120-43-37-98-79-67-22-8-9-23-68(67)97(54-59-18-6-7-21-66(59)76(79)95-96-98)75(109)27-26-73(107)87-31-12-4-5-13-40-126-128(116,117)118-3/h6-9,18,21-23,50-52,62,69-70,77-78,80-83,86,99-100,110-113H,4-5,10-17,19-20,24-49,53-56H2,1-3H3,(H,87,107)(H,88,105)(H,89,106)(H,90,108)(H,91,114)(H,92,115)(H,93,101)(H,94,102)(H,116,117)/p-1. The lowest BCUT2D eigenvalue weighted by Gasteiger charge is -2.42. The second-order valence-electron chi connectivity index (χ2n) is 31.0. The molecule has 1 aliphatic carbocycles. The van der Waals surface area contributed by atoms with E-state index < -0.39 is 99.0 Å². The van der Waals surface area contributed by atoms with Crippen LogP contribution in [-0.4, -0.2) is 304 Å². The van der Waals surface area contributed by atoms with Gasteiger partial charge >= 0.3 is 0 Å². The molecule has 41 nitrogen and oxygen atoms in total. The van der Waals surface area contributed by atoms with Crippen molar-refractivity contribution in [1.29, 1.82) is 0 Å². The predicted octanol–water partition coefficient (Wildman–Crippen LogP) is 0.794. The zero-order valence-electron chi connectivity index (χ0n) is 73.1. The molecular weight excluding hydrogens is 1700 g/mol. The third-order valence-corrected chi connectivity index (χ3v) is 22.1. The van der Waals surface area contributed by atoms with Crippen molar-refractivity contribution >= 4 is 78.2 Å². The van der Waals surface area contributed by atoms with E-state index in [-0.39, 0.29) is 247 Å². The minimum Gasteiger partial charge on any atom is -0.756 e. The van der Waals surface area contributed by atoms with Crippen molar-refractivity contribution in [1.82, 2.24) is 57.5 Å². The van der Waals surface area contributed by atoms with Crippen LogP contribution in [-0.2, 0) is 103 Å². The summed E-state index contributed by atoms with van der Waals surface area (Å²) in [5, 5.41) is 91.7. The average molecular weight is 1820 g/mol. The molecule has 14 N–H and O–H groups in total.